The van der Waals surface area contributed by atoms with E-state index < -0.39 is 0 Å². The van der Waals surface area contributed by atoms with Crippen molar-refractivity contribution in [2.24, 2.45) is 5.92 Å². The Hall–Kier alpha value is -0.740. The first kappa shape index (κ1) is 11.4. The summed E-state index contributed by atoms with van der Waals surface area (Å²) in [5, 5.41) is 3.40. The minimum Gasteiger partial charge on any atom is -0.454 e. The van der Waals surface area contributed by atoms with Gasteiger partial charge in [-0.05, 0) is 56.0 Å². The van der Waals surface area contributed by atoms with Gasteiger partial charge in [0, 0.05) is 4.47 Å². The summed E-state index contributed by atoms with van der Waals surface area (Å²) in [5.41, 5.74) is 1.28. The maximum absolute atomic E-state index is 5.57. The standard InChI is InChI=1S/C13H16BrNO2/c14-11-6-10(5-9-1-3-15-4-2-9)13-12(7-11)16-8-17-13/h6-7,9,15H,1-5,8H2. The molecule has 3 rings (SSSR count). The van der Waals surface area contributed by atoms with Gasteiger partial charge >= 0.3 is 0 Å². The van der Waals surface area contributed by atoms with E-state index in [1.54, 1.807) is 0 Å². The second-order valence-electron chi connectivity index (χ2n) is 4.70. The molecule has 1 aromatic rings. The minimum absolute atomic E-state index is 0.352. The molecule has 1 fully saturated rings. The SMILES string of the molecule is Brc1cc(CC2CCNCC2)c2c(c1)OCO2. The van der Waals surface area contributed by atoms with Crippen LogP contribution in [0.5, 0.6) is 11.5 Å². The van der Waals surface area contributed by atoms with Gasteiger partial charge < -0.3 is 14.8 Å². The van der Waals surface area contributed by atoms with Crippen LogP contribution in [0.25, 0.3) is 0 Å². The Kier molecular flexibility index (Phi) is 3.25. The second kappa shape index (κ2) is 4.86. The van der Waals surface area contributed by atoms with Gasteiger partial charge in [0.15, 0.2) is 11.5 Å². The van der Waals surface area contributed by atoms with Crippen molar-refractivity contribution in [2.45, 2.75) is 19.3 Å². The Balaban J connectivity index is 1.82. The maximum atomic E-state index is 5.57. The van der Waals surface area contributed by atoms with Crippen molar-refractivity contribution in [3.05, 3.63) is 22.2 Å². The van der Waals surface area contributed by atoms with Gasteiger partial charge in [-0.25, -0.2) is 0 Å². The van der Waals surface area contributed by atoms with E-state index in [-0.39, 0.29) is 0 Å². The van der Waals surface area contributed by atoms with Crippen molar-refractivity contribution >= 4 is 15.9 Å². The van der Waals surface area contributed by atoms with Crippen LogP contribution in [0, 0.1) is 5.92 Å². The average Bonchev–Trinajstić information content (AvgIpc) is 2.78. The highest BCUT2D eigenvalue weighted by Gasteiger charge is 2.22. The highest BCUT2D eigenvalue weighted by atomic mass is 79.9. The predicted octanol–water partition coefficient (Wildman–Crippen LogP) is 2.72. The fourth-order valence-corrected chi connectivity index (χ4v) is 3.08. The third kappa shape index (κ3) is 2.43. The summed E-state index contributed by atoms with van der Waals surface area (Å²) < 4.78 is 12.1. The van der Waals surface area contributed by atoms with Crippen LogP contribution < -0.4 is 14.8 Å². The van der Waals surface area contributed by atoms with Crippen molar-refractivity contribution in [2.75, 3.05) is 19.9 Å². The number of benzene rings is 1. The Morgan fingerprint density at radius 3 is 2.88 bits per heavy atom. The molecule has 3 nitrogen and oxygen atoms in total. The van der Waals surface area contributed by atoms with Crippen molar-refractivity contribution in [1.29, 1.82) is 0 Å². The van der Waals surface area contributed by atoms with Gasteiger partial charge in [-0.1, -0.05) is 15.9 Å². The van der Waals surface area contributed by atoms with E-state index in [0.29, 0.717) is 6.79 Å². The molecule has 0 saturated carbocycles. The van der Waals surface area contributed by atoms with Crippen LogP contribution in [0.4, 0.5) is 0 Å². The Morgan fingerprint density at radius 1 is 1.24 bits per heavy atom. The van der Waals surface area contributed by atoms with Crippen molar-refractivity contribution in [3.63, 3.8) is 0 Å². The highest BCUT2D eigenvalue weighted by molar-refractivity contribution is 9.10. The van der Waals surface area contributed by atoms with E-state index in [4.69, 9.17) is 9.47 Å². The third-order valence-corrected chi connectivity index (χ3v) is 3.94. The molecule has 0 atom stereocenters. The number of hydrogen-bond donors (Lipinski definition) is 1. The van der Waals surface area contributed by atoms with Gasteiger partial charge in [-0.2, -0.15) is 0 Å². The monoisotopic (exact) mass is 297 g/mol. The van der Waals surface area contributed by atoms with E-state index in [9.17, 15) is 0 Å². The van der Waals surface area contributed by atoms with E-state index in [1.807, 2.05) is 6.07 Å². The molecule has 0 spiro atoms. The summed E-state index contributed by atoms with van der Waals surface area (Å²) in [5.74, 6) is 2.59. The molecule has 92 valence electrons. The van der Waals surface area contributed by atoms with Crippen LogP contribution in [-0.2, 0) is 6.42 Å². The summed E-state index contributed by atoms with van der Waals surface area (Å²) in [4.78, 5) is 0. The van der Waals surface area contributed by atoms with Crippen molar-refractivity contribution in [1.82, 2.24) is 5.32 Å². The number of piperidine rings is 1. The van der Waals surface area contributed by atoms with Gasteiger partial charge in [-0.3, -0.25) is 0 Å². The molecule has 0 radical (unpaired) electrons. The first-order valence-corrected chi connectivity index (χ1v) is 6.91. The van der Waals surface area contributed by atoms with E-state index in [1.165, 1.54) is 18.4 Å². The minimum atomic E-state index is 0.352. The zero-order valence-corrected chi connectivity index (χ0v) is 11.3. The van der Waals surface area contributed by atoms with Crippen LogP contribution in [0.15, 0.2) is 16.6 Å². The lowest BCUT2D eigenvalue weighted by atomic mass is 9.90. The zero-order chi connectivity index (χ0) is 11.7. The van der Waals surface area contributed by atoms with Crippen LogP contribution in [0.1, 0.15) is 18.4 Å². The highest BCUT2D eigenvalue weighted by Crippen LogP contribution is 2.40. The van der Waals surface area contributed by atoms with E-state index in [0.717, 1.165) is 41.4 Å². The molecule has 1 aromatic carbocycles. The van der Waals surface area contributed by atoms with Crippen molar-refractivity contribution < 1.29 is 9.47 Å². The summed E-state index contributed by atoms with van der Waals surface area (Å²) in [6.45, 7) is 2.63. The van der Waals surface area contributed by atoms with Crippen LogP contribution in [0.3, 0.4) is 0 Å². The smallest absolute Gasteiger partial charge is 0.231 e. The lowest BCUT2D eigenvalue weighted by Gasteiger charge is -2.23. The molecule has 1 N–H and O–H groups in total. The second-order valence-corrected chi connectivity index (χ2v) is 5.61. The Morgan fingerprint density at radius 2 is 2.06 bits per heavy atom. The molecule has 2 heterocycles. The van der Waals surface area contributed by atoms with Crippen molar-refractivity contribution in [3.8, 4) is 11.5 Å². The normalized spacial score (nSPS) is 19.6. The lowest BCUT2D eigenvalue weighted by Crippen LogP contribution is -2.28. The molecule has 0 aromatic heterocycles. The summed E-state index contributed by atoms with van der Waals surface area (Å²) in [6.07, 6.45) is 3.59. The topological polar surface area (TPSA) is 30.5 Å². The zero-order valence-electron chi connectivity index (χ0n) is 9.67. The number of nitrogens with one attached hydrogen (secondary N) is 1. The summed E-state index contributed by atoms with van der Waals surface area (Å²) >= 11 is 3.53. The number of fused-ring (bicyclic) bond motifs is 1. The molecule has 0 unspecified atom stereocenters. The molecule has 0 aliphatic carbocycles. The summed E-state index contributed by atoms with van der Waals surface area (Å²) in [6, 6.07) is 4.14. The number of rotatable bonds is 2. The molecule has 4 heteroatoms. The van der Waals surface area contributed by atoms with Gasteiger partial charge in [0.05, 0.1) is 0 Å². The van der Waals surface area contributed by atoms with Gasteiger partial charge in [-0.15, -0.1) is 0 Å². The van der Waals surface area contributed by atoms with Gasteiger partial charge in [0.1, 0.15) is 0 Å². The van der Waals surface area contributed by atoms with E-state index in [2.05, 4.69) is 27.3 Å². The first-order chi connectivity index (χ1) is 8.33. The molecule has 17 heavy (non-hydrogen) atoms. The molecule has 2 aliphatic heterocycles. The first-order valence-electron chi connectivity index (χ1n) is 6.11. The van der Waals surface area contributed by atoms with Gasteiger partial charge in [0.25, 0.3) is 0 Å². The third-order valence-electron chi connectivity index (χ3n) is 3.48. The molecule has 1 saturated heterocycles. The molecule has 2 aliphatic rings. The fraction of sp³-hybridized carbons (Fsp3) is 0.538. The Labute approximate surface area is 110 Å². The summed E-state index contributed by atoms with van der Waals surface area (Å²) in [7, 11) is 0. The quantitative estimate of drug-likeness (QED) is 0.910. The number of ether oxygens (including phenoxy) is 2. The van der Waals surface area contributed by atoms with Crippen LogP contribution in [-0.4, -0.2) is 19.9 Å². The fourth-order valence-electron chi connectivity index (χ4n) is 2.59. The largest absolute Gasteiger partial charge is 0.454 e. The maximum Gasteiger partial charge on any atom is 0.231 e. The molecular formula is C13H16BrNO2. The van der Waals surface area contributed by atoms with E-state index >= 15 is 0 Å². The number of hydrogen-bond acceptors (Lipinski definition) is 3. The van der Waals surface area contributed by atoms with Crippen LogP contribution >= 0.6 is 15.9 Å². The Bertz CT molecular complexity index is 416. The molecule has 0 bridgehead atoms. The number of halogens is 1. The lowest BCUT2D eigenvalue weighted by molar-refractivity contribution is 0.173. The van der Waals surface area contributed by atoms with Crippen LogP contribution in [0.2, 0.25) is 0 Å². The predicted molar refractivity (Wildman–Crippen MR) is 69.6 cm³/mol. The van der Waals surface area contributed by atoms with Gasteiger partial charge in [0.2, 0.25) is 6.79 Å². The molecule has 0 amide bonds. The molecular weight excluding hydrogens is 282 g/mol. The average molecular weight is 298 g/mol.